The van der Waals surface area contributed by atoms with E-state index in [1.165, 1.54) is 36.4 Å². The van der Waals surface area contributed by atoms with Gasteiger partial charge in [-0.1, -0.05) is 31.9 Å². The normalized spacial score (nSPS) is 10.7. The highest BCUT2D eigenvalue weighted by molar-refractivity contribution is 9.11. The topological polar surface area (TPSA) is 125 Å². The molecule has 0 amide bonds. The van der Waals surface area contributed by atoms with E-state index < -0.39 is 9.85 Å². The largest absolute Gasteiger partial charge is 0.349 e. The lowest BCUT2D eigenvalue weighted by atomic mass is 10.3. The van der Waals surface area contributed by atoms with E-state index in [0.29, 0.717) is 20.3 Å². The molecule has 0 bridgehead atoms. The van der Waals surface area contributed by atoms with E-state index in [0.717, 1.165) is 0 Å². The van der Waals surface area contributed by atoms with Crippen molar-refractivity contribution < 1.29 is 9.85 Å². The Kier molecular flexibility index (Phi) is 5.34. The second-order valence-corrected chi connectivity index (χ2v) is 5.78. The maximum Gasteiger partial charge on any atom is 0.270 e. The van der Waals surface area contributed by atoms with Gasteiger partial charge in [-0.05, 0) is 23.5 Å². The predicted octanol–water partition coefficient (Wildman–Crippen LogP) is 5.73. The van der Waals surface area contributed by atoms with Crippen LogP contribution >= 0.6 is 31.9 Å². The number of hydrogen-bond donors (Lipinski definition) is 0. The van der Waals surface area contributed by atoms with Crippen molar-refractivity contribution in [1.29, 1.82) is 0 Å². The van der Waals surface area contributed by atoms with Gasteiger partial charge in [0.05, 0.1) is 9.85 Å². The third kappa shape index (κ3) is 4.29. The molecule has 0 fully saturated rings. The highest BCUT2D eigenvalue weighted by Crippen LogP contribution is 2.34. The summed E-state index contributed by atoms with van der Waals surface area (Å²) in [6.07, 6.45) is 0. The second-order valence-electron chi connectivity index (χ2n) is 4.08. The third-order valence-electron chi connectivity index (χ3n) is 2.59. The molecule has 2 aromatic carbocycles. The summed E-state index contributed by atoms with van der Waals surface area (Å²) in [6.45, 7) is 0. The first-order valence-corrected chi connectivity index (χ1v) is 7.46. The summed E-state index contributed by atoms with van der Waals surface area (Å²) < 4.78 is 0.793. The zero-order valence-corrected chi connectivity index (χ0v) is 14.3. The minimum Gasteiger partial charge on any atom is -0.349 e. The zero-order valence-electron chi connectivity index (χ0n) is 11.1. The molecule has 0 unspecified atom stereocenters. The molecule has 0 aliphatic heterocycles. The Balaban J connectivity index is 2.13. The Morgan fingerprint density at radius 3 is 2.00 bits per heavy atom. The van der Waals surface area contributed by atoms with E-state index in [-0.39, 0.29) is 11.4 Å². The molecule has 0 aliphatic rings. The molecule has 0 radical (unpaired) electrons. The van der Waals surface area contributed by atoms with Gasteiger partial charge in [0.2, 0.25) is 0 Å². The van der Waals surface area contributed by atoms with Gasteiger partial charge >= 0.3 is 0 Å². The lowest BCUT2D eigenvalue weighted by molar-refractivity contribution is -0.385. The first-order chi connectivity index (χ1) is 10.9. The SMILES string of the molecule is O=[N+]([O-])c1ccc(N=N[N-]c2ccc([N+](=O)[O-])cc2Br)c(Br)c1. The van der Waals surface area contributed by atoms with Crippen molar-refractivity contribution in [3.05, 3.63) is 71.0 Å². The number of nitro benzene ring substituents is 2. The Bertz CT molecular complexity index is 812. The maximum absolute atomic E-state index is 10.6. The summed E-state index contributed by atoms with van der Waals surface area (Å²) in [5.41, 5.74) is 4.40. The first kappa shape index (κ1) is 17.0. The minimum absolute atomic E-state index is 0.0779. The van der Waals surface area contributed by atoms with Crippen LogP contribution in [0.15, 0.2) is 55.7 Å². The van der Waals surface area contributed by atoms with Crippen molar-refractivity contribution in [1.82, 2.24) is 0 Å². The Labute approximate surface area is 145 Å². The number of non-ortho nitro benzene ring substituents is 2. The fourth-order valence-corrected chi connectivity index (χ4v) is 2.39. The van der Waals surface area contributed by atoms with Crippen LogP contribution in [0.4, 0.5) is 22.7 Å². The molecule has 0 aliphatic carbocycles. The van der Waals surface area contributed by atoms with E-state index in [9.17, 15) is 20.2 Å². The highest BCUT2D eigenvalue weighted by atomic mass is 79.9. The van der Waals surface area contributed by atoms with Crippen LogP contribution in [0.2, 0.25) is 0 Å². The van der Waals surface area contributed by atoms with Crippen molar-refractivity contribution in [3.8, 4) is 0 Å². The second kappa shape index (κ2) is 7.24. The van der Waals surface area contributed by atoms with Crippen molar-refractivity contribution >= 4 is 54.6 Å². The fraction of sp³-hybridized carbons (Fsp3) is 0. The number of halogens is 2. The Morgan fingerprint density at radius 1 is 0.913 bits per heavy atom. The van der Waals surface area contributed by atoms with Gasteiger partial charge in [0, 0.05) is 33.2 Å². The van der Waals surface area contributed by atoms with Gasteiger partial charge in [-0.3, -0.25) is 25.5 Å². The monoisotopic (exact) mass is 442 g/mol. The number of nitrogens with zero attached hydrogens (tertiary/aromatic N) is 5. The summed E-state index contributed by atoms with van der Waals surface area (Å²) in [4.78, 5) is 20.2. The average molecular weight is 444 g/mol. The molecule has 0 atom stereocenters. The highest BCUT2D eigenvalue weighted by Gasteiger charge is 2.07. The standard InChI is InChI=1S/C12H6Br2N5O4/c13-9-5-7(18(20)21)1-3-11(9)15-17-16-12-4-2-8(19(22)23)6-10(12)14/h1-6H/q-1. The quantitative estimate of drug-likeness (QED) is 0.332. The van der Waals surface area contributed by atoms with Crippen molar-refractivity contribution in [3.63, 3.8) is 0 Å². The molecule has 0 heterocycles. The Hall–Kier alpha value is -2.40. The van der Waals surface area contributed by atoms with Crippen LogP contribution in [-0.4, -0.2) is 9.85 Å². The van der Waals surface area contributed by atoms with Crippen LogP contribution in [0, 0.1) is 20.2 Å². The lowest BCUT2D eigenvalue weighted by Gasteiger charge is -2.10. The molecule has 2 aromatic rings. The van der Waals surface area contributed by atoms with Crippen LogP contribution in [-0.2, 0) is 0 Å². The third-order valence-corrected chi connectivity index (χ3v) is 3.86. The molecule has 0 saturated carbocycles. The van der Waals surface area contributed by atoms with Gasteiger partial charge in [-0.15, -0.1) is 0 Å². The molecular weight excluding hydrogens is 438 g/mol. The van der Waals surface area contributed by atoms with E-state index in [2.05, 4.69) is 47.6 Å². The maximum atomic E-state index is 10.6. The number of benzene rings is 2. The van der Waals surface area contributed by atoms with Gasteiger partial charge < -0.3 is 10.5 Å². The number of hydrogen-bond acceptors (Lipinski definition) is 6. The van der Waals surface area contributed by atoms with Gasteiger partial charge in [-0.2, -0.15) is 0 Å². The van der Waals surface area contributed by atoms with Crippen LogP contribution in [0.3, 0.4) is 0 Å². The predicted molar refractivity (Wildman–Crippen MR) is 89.1 cm³/mol. The summed E-state index contributed by atoms with van der Waals surface area (Å²) in [5, 5.41) is 28.7. The van der Waals surface area contributed by atoms with Gasteiger partial charge in [0.15, 0.2) is 0 Å². The van der Waals surface area contributed by atoms with Crippen LogP contribution in [0.5, 0.6) is 0 Å². The molecule has 0 saturated heterocycles. The summed E-state index contributed by atoms with van der Waals surface area (Å²) in [6, 6.07) is 8.03. The van der Waals surface area contributed by atoms with Crippen LogP contribution in [0.1, 0.15) is 0 Å². The van der Waals surface area contributed by atoms with E-state index in [1.807, 2.05) is 0 Å². The van der Waals surface area contributed by atoms with Crippen LogP contribution < -0.4 is 0 Å². The molecule has 2 rings (SSSR count). The lowest BCUT2D eigenvalue weighted by Crippen LogP contribution is -1.87. The number of rotatable bonds is 5. The first-order valence-electron chi connectivity index (χ1n) is 5.88. The average Bonchev–Trinajstić information content (AvgIpc) is 2.49. The minimum atomic E-state index is -0.524. The molecule has 9 nitrogen and oxygen atoms in total. The summed E-state index contributed by atoms with van der Waals surface area (Å²) in [7, 11) is 0. The molecule has 23 heavy (non-hydrogen) atoms. The van der Waals surface area contributed by atoms with Gasteiger partial charge in [0.1, 0.15) is 0 Å². The zero-order chi connectivity index (χ0) is 17.0. The molecule has 0 N–H and O–H groups in total. The molecule has 11 heteroatoms. The van der Waals surface area contributed by atoms with E-state index in [1.54, 1.807) is 0 Å². The molecule has 118 valence electrons. The van der Waals surface area contributed by atoms with Gasteiger partial charge in [-0.25, -0.2) is 0 Å². The van der Waals surface area contributed by atoms with Gasteiger partial charge in [0.25, 0.3) is 11.4 Å². The van der Waals surface area contributed by atoms with Crippen molar-refractivity contribution in [2.75, 3.05) is 0 Å². The number of nitro groups is 2. The van der Waals surface area contributed by atoms with E-state index in [4.69, 9.17) is 0 Å². The summed E-state index contributed by atoms with van der Waals surface area (Å²) in [5.74, 6) is 0. The van der Waals surface area contributed by atoms with Crippen molar-refractivity contribution in [2.24, 2.45) is 10.3 Å². The molecule has 0 aromatic heterocycles. The Morgan fingerprint density at radius 2 is 1.48 bits per heavy atom. The fourth-order valence-electron chi connectivity index (χ4n) is 1.50. The van der Waals surface area contributed by atoms with Crippen LogP contribution in [0.25, 0.3) is 5.43 Å². The smallest absolute Gasteiger partial charge is 0.270 e. The molecule has 0 spiro atoms. The summed E-state index contributed by atoms with van der Waals surface area (Å²) >= 11 is 6.32. The van der Waals surface area contributed by atoms with E-state index >= 15 is 0 Å². The van der Waals surface area contributed by atoms with Crippen molar-refractivity contribution in [2.45, 2.75) is 0 Å². The molecular formula is C12H6Br2N5O4-.